The first-order valence-electron chi connectivity index (χ1n) is 8.47. The Bertz CT molecular complexity index is 917. The normalized spacial score (nSPS) is 14.6. The summed E-state index contributed by atoms with van der Waals surface area (Å²) in [6.45, 7) is 3.14. The van der Waals surface area contributed by atoms with Gasteiger partial charge in [-0.05, 0) is 42.5 Å². The smallest absolute Gasteiger partial charge is 0.255 e. The molecule has 4 rings (SSSR count). The Morgan fingerprint density at radius 3 is 2.69 bits per heavy atom. The molecule has 0 bridgehead atoms. The number of nitrogens with one attached hydrogen (secondary N) is 1. The summed E-state index contributed by atoms with van der Waals surface area (Å²) < 4.78 is 6.35. The molecular formula is C19H19N3O3S. The van der Waals surface area contributed by atoms with E-state index in [-0.39, 0.29) is 12.5 Å². The molecule has 1 aliphatic rings. The van der Waals surface area contributed by atoms with E-state index in [0.717, 1.165) is 42.2 Å². The summed E-state index contributed by atoms with van der Waals surface area (Å²) >= 11 is 1.45. The van der Waals surface area contributed by atoms with Crippen LogP contribution in [0.15, 0.2) is 42.5 Å². The van der Waals surface area contributed by atoms with Gasteiger partial charge in [0.15, 0.2) is 0 Å². The van der Waals surface area contributed by atoms with Gasteiger partial charge in [0.05, 0.1) is 30.0 Å². The van der Waals surface area contributed by atoms with Gasteiger partial charge in [0.25, 0.3) is 5.91 Å². The van der Waals surface area contributed by atoms with Gasteiger partial charge in [0.1, 0.15) is 5.01 Å². The van der Waals surface area contributed by atoms with E-state index in [0.29, 0.717) is 16.3 Å². The highest BCUT2D eigenvalue weighted by atomic mass is 32.1. The summed E-state index contributed by atoms with van der Waals surface area (Å²) in [6, 6.07) is 13.2. The van der Waals surface area contributed by atoms with Crippen LogP contribution < -0.4 is 10.2 Å². The van der Waals surface area contributed by atoms with Crippen LogP contribution >= 0.6 is 11.3 Å². The van der Waals surface area contributed by atoms with E-state index in [9.17, 15) is 9.90 Å². The largest absolute Gasteiger partial charge is 0.389 e. The Balaban J connectivity index is 1.47. The second-order valence-corrected chi connectivity index (χ2v) is 7.16. The van der Waals surface area contributed by atoms with E-state index in [1.807, 2.05) is 42.5 Å². The average molecular weight is 369 g/mol. The molecule has 0 unspecified atom stereocenters. The maximum absolute atomic E-state index is 12.5. The summed E-state index contributed by atoms with van der Waals surface area (Å²) in [5.41, 5.74) is 3.18. The molecular weight excluding hydrogens is 350 g/mol. The fraction of sp³-hybridized carbons (Fsp3) is 0.263. The van der Waals surface area contributed by atoms with Crippen molar-refractivity contribution in [2.45, 2.75) is 6.61 Å². The first-order valence-corrected chi connectivity index (χ1v) is 9.29. The predicted octanol–water partition coefficient (Wildman–Crippen LogP) is 2.88. The Labute approximate surface area is 155 Å². The molecule has 26 heavy (non-hydrogen) atoms. The third kappa shape index (κ3) is 3.55. The van der Waals surface area contributed by atoms with Crippen molar-refractivity contribution in [2.75, 3.05) is 36.5 Å². The van der Waals surface area contributed by atoms with E-state index < -0.39 is 0 Å². The quantitative estimate of drug-likeness (QED) is 0.740. The number of carbonyl (C=O) groups excluding carboxylic acids is 1. The number of carbonyl (C=O) groups is 1. The number of aliphatic hydroxyl groups excluding tert-OH is 1. The van der Waals surface area contributed by atoms with Gasteiger partial charge in [0.2, 0.25) is 0 Å². The average Bonchev–Trinajstić information content (AvgIpc) is 3.11. The van der Waals surface area contributed by atoms with Crippen molar-refractivity contribution < 1.29 is 14.6 Å². The number of rotatable bonds is 4. The first-order chi connectivity index (χ1) is 12.7. The monoisotopic (exact) mass is 369 g/mol. The van der Waals surface area contributed by atoms with Crippen LogP contribution in [0.4, 0.5) is 11.4 Å². The lowest BCUT2D eigenvalue weighted by molar-refractivity contribution is 0.102. The highest BCUT2D eigenvalue weighted by Crippen LogP contribution is 2.25. The summed E-state index contributed by atoms with van der Waals surface area (Å²) in [7, 11) is 0. The maximum atomic E-state index is 12.5. The van der Waals surface area contributed by atoms with Crippen molar-refractivity contribution in [2.24, 2.45) is 0 Å². The third-order valence-electron chi connectivity index (χ3n) is 4.33. The molecule has 0 saturated carbocycles. The lowest BCUT2D eigenvalue weighted by Crippen LogP contribution is -2.36. The van der Waals surface area contributed by atoms with Gasteiger partial charge >= 0.3 is 0 Å². The van der Waals surface area contributed by atoms with Crippen LogP contribution in [0.25, 0.3) is 10.2 Å². The van der Waals surface area contributed by atoms with Gasteiger partial charge in [0, 0.05) is 30.0 Å². The molecule has 1 amide bonds. The summed E-state index contributed by atoms with van der Waals surface area (Å²) in [5, 5.41) is 12.8. The number of hydrogen-bond acceptors (Lipinski definition) is 6. The minimum Gasteiger partial charge on any atom is -0.389 e. The second kappa shape index (κ2) is 7.41. The molecule has 0 radical (unpaired) electrons. The first kappa shape index (κ1) is 17.0. The SMILES string of the molecule is O=C(Nc1ccc2sc(CO)nc2c1)c1ccc(N2CCOCC2)cc1. The standard InChI is InChI=1S/C19H19N3O3S/c23-12-18-21-16-11-14(3-6-17(16)26-18)20-19(24)13-1-4-15(5-2-13)22-7-9-25-10-8-22/h1-6,11,23H,7-10,12H2,(H,20,24). The minimum absolute atomic E-state index is 0.0729. The van der Waals surface area contributed by atoms with Crippen LogP contribution in [0.2, 0.25) is 0 Å². The van der Waals surface area contributed by atoms with Crippen molar-refractivity contribution in [1.29, 1.82) is 0 Å². The molecule has 1 saturated heterocycles. The van der Waals surface area contributed by atoms with E-state index in [2.05, 4.69) is 15.2 Å². The molecule has 6 nitrogen and oxygen atoms in total. The number of aliphatic hydroxyl groups is 1. The van der Waals surface area contributed by atoms with E-state index >= 15 is 0 Å². The molecule has 2 heterocycles. The van der Waals surface area contributed by atoms with Crippen LogP contribution in [-0.4, -0.2) is 42.3 Å². The van der Waals surface area contributed by atoms with Crippen LogP contribution in [0.5, 0.6) is 0 Å². The van der Waals surface area contributed by atoms with Crippen LogP contribution in [0.1, 0.15) is 15.4 Å². The molecule has 3 aromatic rings. The molecule has 0 aliphatic carbocycles. The lowest BCUT2D eigenvalue weighted by Gasteiger charge is -2.28. The molecule has 7 heteroatoms. The molecule has 134 valence electrons. The molecule has 2 aromatic carbocycles. The van der Waals surface area contributed by atoms with Crippen molar-refractivity contribution >= 4 is 38.8 Å². The van der Waals surface area contributed by atoms with E-state index in [1.54, 1.807) is 0 Å². The van der Waals surface area contributed by atoms with Gasteiger partial charge in [-0.3, -0.25) is 4.79 Å². The van der Waals surface area contributed by atoms with Crippen LogP contribution in [0.3, 0.4) is 0 Å². The Kier molecular flexibility index (Phi) is 4.83. The lowest BCUT2D eigenvalue weighted by atomic mass is 10.1. The fourth-order valence-corrected chi connectivity index (χ4v) is 3.78. The molecule has 0 spiro atoms. The highest BCUT2D eigenvalue weighted by Gasteiger charge is 2.13. The number of nitrogens with zero attached hydrogens (tertiary/aromatic N) is 2. The number of fused-ring (bicyclic) bond motifs is 1. The Morgan fingerprint density at radius 2 is 1.96 bits per heavy atom. The van der Waals surface area contributed by atoms with Gasteiger partial charge in [-0.1, -0.05) is 0 Å². The van der Waals surface area contributed by atoms with Gasteiger partial charge in [-0.25, -0.2) is 4.98 Å². The van der Waals surface area contributed by atoms with E-state index in [1.165, 1.54) is 11.3 Å². The fourth-order valence-electron chi connectivity index (χ4n) is 2.97. The van der Waals surface area contributed by atoms with Gasteiger partial charge in [-0.15, -0.1) is 11.3 Å². The van der Waals surface area contributed by atoms with Gasteiger partial charge < -0.3 is 20.1 Å². The van der Waals surface area contributed by atoms with Crippen LogP contribution in [0, 0.1) is 0 Å². The van der Waals surface area contributed by atoms with Crippen molar-refractivity contribution in [3.8, 4) is 0 Å². The van der Waals surface area contributed by atoms with Crippen molar-refractivity contribution in [1.82, 2.24) is 4.98 Å². The number of benzene rings is 2. The number of morpholine rings is 1. The Morgan fingerprint density at radius 1 is 1.19 bits per heavy atom. The molecule has 2 N–H and O–H groups in total. The zero-order valence-electron chi connectivity index (χ0n) is 14.1. The molecule has 1 fully saturated rings. The number of ether oxygens (including phenoxy) is 1. The number of aromatic nitrogens is 1. The van der Waals surface area contributed by atoms with Crippen LogP contribution in [-0.2, 0) is 11.3 Å². The third-order valence-corrected chi connectivity index (χ3v) is 5.35. The highest BCUT2D eigenvalue weighted by molar-refractivity contribution is 7.18. The predicted molar refractivity (Wildman–Crippen MR) is 103 cm³/mol. The second-order valence-electron chi connectivity index (χ2n) is 6.05. The molecule has 0 atom stereocenters. The summed E-state index contributed by atoms with van der Waals surface area (Å²) in [5.74, 6) is -0.157. The number of hydrogen-bond donors (Lipinski definition) is 2. The zero-order chi connectivity index (χ0) is 17.9. The molecule has 1 aromatic heterocycles. The summed E-state index contributed by atoms with van der Waals surface area (Å²) in [6.07, 6.45) is 0. The van der Waals surface area contributed by atoms with Crippen molar-refractivity contribution in [3.05, 3.63) is 53.0 Å². The zero-order valence-corrected chi connectivity index (χ0v) is 15.0. The summed E-state index contributed by atoms with van der Waals surface area (Å²) in [4.78, 5) is 19.1. The number of thiazole rings is 1. The van der Waals surface area contributed by atoms with E-state index in [4.69, 9.17) is 4.74 Å². The van der Waals surface area contributed by atoms with Crippen molar-refractivity contribution in [3.63, 3.8) is 0 Å². The minimum atomic E-state index is -0.157. The maximum Gasteiger partial charge on any atom is 0.255 e. The molecule has 1 aliphatic heterocycles. The van der Waals surface area contributed by atoms with Gasteiger partial charge in [-0.2, -0.15) is 0 Å². The number of anilines is 2. The number of amides is 1. The Hall–Kier alpha value is -2.48. The topological polar surface area (TPSA) is 74.7 Å².